The van der Waals surface area contributed by atoms with Gasteiger partial charge in [-0.3, -0.25) is 0 Å². The molecule has 21 heavy (non-hydrogen) atoms. The Balaban J connectivity index is 0. The molecule has 0 aromatic rings. The van der Waals surface area contributed by atoms with Crippen LogP contribution in [0.5, 0.6) is 0 Å². The number of hydrogen-bond donors (Lipinski definition) is 2. The van der Waals surface area contributed by atoms with Crippen molar-refractivity contribution in [2.24, 2.45) is 0 Å². The zero-order valence-electron chi connectivity index (χ0n) is 12.3. The van der Waals surface area contributed by atoms with E-state index < -0.39 is 18.0 Å². The molecule has 0 aliphatic carbocycles. The summed E-state index contributed by atoms with van der Waals surface area (Å²) in [6, 6.07) is 0. The number of ether oxygens (including phenoxy) is 3. The minimum atomic E-state index is -0.555. The molecule has 122 valence electrons. The van der Waals surface area contributed by atoms with Gasteiger partial charge in [-0.1, -0.05) is 13.2 Å². The van der Waals surface area contributed by atoms with Crippen molar-refractivity contribution >= 4 is 11.9 Å². The van der Waals surface area contributed by atoms with E-state index in [0.717, 1.165) is 12.2 Å². The number of esters is 2. The lowest BCUT2D eigenvalue weighted by molar-refractivity contribution is -0.153. The monoisotopic (exact) mass is 304 g/mol. The van der Waals surface area contributed by atoms with Gasteiger partial charge in [0, 0.05) is 25.2 Å². The van der Waals surface area contributed by atoms with E-state index in [4.69, 9.17) is 24.4 Å². The van der Waals surface area contributed by atoms with Crippen LogP contribution in [0, 0.1) is 0 Å². The lowest BCUT2D eigenvalue weighted by Gasteiger charge is -2.16. The Bertz CT molecular complexity index is 300. The fourth-order valence-corrected chi connectivity index (χ4v) is 0.982. The molecule has 2 N–H and O–H groups in total. The molecule has 0 aromatic carbocycles. The highest BCUT2D eigenvalue weighted by Gasteiger charge is 2.14. The maximum absolute atomic E-state index is 11.0. The molecule has 1 atom stereocenters. The highest BCUT2D eigenvalue weighted by atomic mass is 16.6. The fourth-order valence-electron chi connectivity index (χ4n) is 0.982. The van der Waals surface area contributed by atoms with E-state index in [-0.39, 0.29) is 19.8 Å². The smallest absolute Gasteiger partial charge is 0.330 e. The Morgan fingerprint density at radius 2 is 1.71 bits per heavy atom. The summed E-state index contributed by atoms with van der Waals surface area (Å²) in [6.45, 7) is 9.16. The van der Waals surface area contributed by atoms with Gasteiger partial charge in [0.25, 0.3) is 0 Å². The summed E-state index contributed by atoms with van der Waals surface area (Å²) in [5, 5.41) is 15.2. The van der Waals surface area contributed by atoms with E-state index in [2.05, 4.69) is 13.2 Å². The van der Waals surface area contributed by atoms with Gasteiger partial charge in [-0.25, -0.2) is 9.59 Å². The van der Waals surface area contributed by atoms with Crippen molar-refractivity contribution in [3.63, 3.8) is 0 Å². The van der Waals surface area contributed by atoms with Crippen LogP contribution in [-0.4, -0.2) is 61.3 Å². The molecular formula is C14H24O7. The Labute approximate surface area is 124 Å². The van der Waals surface area contributed by atoms with Crippen molar-refractivity contribution in [2.45, 2.75) is 19.4 Å². The molecule has 0 saturated heterocycles. The lowest BCUT2D eigenvalue weighted by atomic mass is 10.3. The second-order valence-corrected chi connectivity index (χ2v) is 3.53. The average molecular weight is 304 g/mol. The number of aliphatic hydroxyl groups excluding tert-OH is 2. The number of carbonyl (C=O) groups is 2. The quantitative estimate of drug-likeness (QED) is 0.338. The van der Waals surface area contributed by atoms with E-state index in [1.165, 1.54) is 0 Å². The number of aliphatic hydroxyl groups is 2. The predicted octanol–water partition coefficient (Wildman–Crippen LogP) is 0.211. The Kier molecular flexibility index (Phi) is 16.8. The zero-order chi connectivity index (χ0) is 16.5. The van der Waals surface area contributed by atoms with Crippen molar-refractivity contribution in [1.29, 1.82) is 0 Å². The molecule has 0 radical (unpaired) electrons. The summed E-state index contributed by atoms with van der Waals surface area (Å²) < 4.78 is 14.9. The maximum atomic E-state index is 11.0. The molecule has 0 rings (SSSR count). The summed E-state index contributed by atoms with van der Waals surface area (Å²) in [7, 11) is 0. The van der Waals surface area contributed by atoms with Crippen molar-refractivity contribution in [1.82, 2.24) is 0 Å². The summed E-state index contributed by atoms with van der Waals surface area (Å²) in [4.78, 5) is 21.9. The molecule has 0 bridgehead atoms. The Morgan fingerprint density at radius 1 is 1.14 bits per heavy atom. The van der Waals surface area contributed by atoms with E-state index in [1.807, 2.05) is 6.92 Å². The molecule has 7 heteroatoms. The molecule has 0 aliphatic heterocycles. The highest BCUT2D eigenvalue weighted by Crippen LogP contribution is 2.02. The first-order valence-electron chi connectivity index (χ1n) is 6.47. The molecule has 0 saturated carbocycles. The third kappa shape index (κ3) is 16.2. The van der Waals surface area contributed by atoms with E-state index in [1.54, 1.807) is 0 Å². The van der Waals surface area contributed by atoms with Crippen LogP contribution in [0.25, 0.3) is 0 Å². The SMILES string of the molecule is C=CC(=O)OCC(CCOCC)OC(=O)C=C.OCCO. The normalized spacial score (nSPS) is 10.6. The molecule has 0 heterocycles. The van der Waals surface area contributed by atoms with Gasteiger partial charge >= 0.3 is 11.9 Å². The van der Waals surface area contributed by atoms with Crippen LogP contribution in [0.1, 0.15) is 13.3 Å². The third-order valence-corrected chi connectivity index (χ3v) is 1.92. The Hall–Kier alpha value is -1.70. The molecule has 0 aromatic heterocycles. The van der Waals surface area contributed by atoms with Gasteiger partial charge in [0.05, 0.1) is 19.8 Å². The summed E-state index contributed by atoms with van der Waals surface area (Å²) in [5.41, 5.74) is 0. The molecule has 1 unspecified atom stereocenters. The molecular weight excluding hydrogens is 280 g/mol. The zero-order valence-corrected chi connectivity index (χ0v) is 12.3. The third-order valence-electron chi connectivity index (χ3n) is 1.92. The summed E-state index contributed by atoms with van der Waals surface area (Å²) >= 11 is 0. The lowest BCUT2D eigenvalue weighted by Crippen LogP contribution is -2.25. The van der Waals surface area contributed by atoms with Gasteiger partial charge in [-0.05, 0) is 6.92 Å². The van der Waals surface area contributed by atoms with Gasteiger partial charge in [0.1, 0.15) is 12.7 Å². The van der Waals surface area contributed by atoms with Gasteiger partial charge in [-0.15, -0.1) is 0 Å². The number of rotatable bonds is 10. The largest absolute Gasteiger partial charge is 0.459 e. The second-order valence-electron chi connectivity index (χ2n) is 3.53. The number of carbonyl (C=O) groups excluding carboxylic acids is 2. The minimum Gasteiger partial charge on any atom is -0.459 e. The van der Waals surface area contributed by atoms with Crippen LogP contribution in [0.4, 0.5) is 0 Å². The molecule has 0 spiro atoms. The van der Waals surface area contributed by atoms with Gasteiger partial charge in [-0.2, -0.15) is 0 Å². The molecule has 0 aliphatic rings. The predicted molar refractivity (Wildman–Crippen MR) is 76.5 cm³/mol. The fraction of sp³-hybridized carbons (Fsp3) is 0.571. The van der Waals surface area contributed by atoms with Gasteiger partial charge < -0.3 is 24.4 Å². The van der Waals surface area contributed by atoms with E-state index in [9.17, 15) is 9.59 Å². The molecule has 0 fully saturated rings. The molecule has 0 amide bonds. The van der Waals surface area contributed by atoms with Crippen molar-refractivity contribution in [3.8, 4) is 0 Å². The van der Waals surface area contributed by atoms with Crippen LogP contribution in [-0.2, 0) is 23.8 Å². The topological polar surface area (TPSA) is 102 Å². The van der Waals surface area contributed by atoms with Crippen LogP contribution in [0.3, 0.4) is 0 Å². The van der Waals surface area contributed by atoms with Crippen molar-refractivity contribution < 1.29 is 34.0 Å². The first kappa shape index (κ1) is 21.6. The van der Waals surface area contributed by atoms with Gasteiger partial charge in [0.2, 0.25) is 0 Å². The first-order valence-corrected chi connectivity index (χ1v) is 6.47. The first-order chi connectivity index (χ1) is 10.0. The highest BCUT2D eigenvalue weighted by molar-refractivity contribution is 5.82. The van der Waals surface area contributed by atoms with Crippen LogP contribution in [0.2, 0.25) is 0 Å². The summed E-state index contributed by atoms with van der Waals surface area (Å²) in [5.74, 6) is -1.11. The van der Waals surface area contributed by atoms with Gasteiger partial charge in [0.15, 0.2) is 0 Å². The van der Waals surface area contributed by atoms with Crippen molar-refractivity contribution in [3.05, 3.63) is 25.3 Å². The standard InChI is InChI=1S/C12H18O5.C2H6O2/c1-4-11(13)16-9-10(7-8-15-6-3)17-12(14)5-2;3-1-2-4/h4-5,10H,1-2,6-9H2,3H3;3-4H,1-2H2. The van der Waals surface area contributed by atoms with Crippen LogP contribution < -0.4 is 0 Å². The minimum absolute atomic E-state index is 0.0164. The van der Waals surface area contributed by atoms with E-state index in [0.29, 0.717) is 19.6 Å². The molecule has 7 nitrogen and oxygen atoms in total. The maximum Gasteiger partial charge on any atom is 0.330 e. The summed E-state index contributed by atoms with van der Waals surface area (Å²) in [6.07, 6.45) is 2.03. The van der Waals surface area contributed by atoms with Crippen LogP contribution in [0.15, 0.2) is 25.3 Å². The van der Waals surface area contributed by atoms with Crippen LogP contribution >= 0.6 is 0 Å². The second kappa shape index (κ2) is 16.4. The number of hydrogen-bond acceptors (Lipinski definition) is 7. The average Bonchev–Trinajstić information content (AvgIpc) is 2.52. The Morgan fingerprint density at radius 3 is 2.14 bits per heavy atom. The van der Waals surface area contributed by atoms with E-state index >= 15 is 0 Å². The van der Waals surface area contributed by atoms with Crippen molar-refractivity contribution in [2.75, 3.05) is 33.0 Å².